The minimum absolute atomic E-state index is 0.479. The molecule has 1 fully saturated rings. The molecule has 0 saturated heterocycles. The number of aryl methyl sites for hydroxylation is 3. The first-order chi connectivity index (χ1) is 8.44. The van der Waals surface area contributed by atoms with Crippen molar-refractivity contribution < 1.29 is 9.90 Å². The van der Waals surface area contributed by atoms with Crippen LogP contribution in [0.1, 0.15) is 35.1 Å². The van der Waals surface area contributed by atoms with Gasteiger partial charge >= 0.3 is 5.97 Å². The first kappa shape index (κ1) is 13.1. The van der Waals surface area contributed by atoms with Crippen molar-refractivity contribution in [3.05, 3.63) is 34.4 Å². The van der Waals surface area contributed by atoms with Crippen LogP contribution in [0.3, 0.4) is 0 Å². The van der Waals surface area contributed by atoms with Crippen LogP contribution >= 0.6 is 0 Å². The monoisotopic (exact) mass is 247 g/mol. The zero-order valence-corrected chi connectivity index (χ0v) is 11.3. The van der Waals surface area contributed by atoms with Crippen LogP contribution in [0.25, 0.3) is 0 Å². The molecule has 3 heteroatoms. The predicted octanol–water partition coefficient (Wildman–Crippen LogP) is 2.57. The van der Waals surface area contributed by atoms with Gasteiger partial charge in [0.15, 0.2) is 0 Å². The minimum atomic E-state index is -0.660. The van der Waals surface area contributed by atoms with Gasteiger partial charge in [-0.3, -0.25) is 4.79 Å². The lowest BCUT2D eigenvalue weighted by atomic mass is 10.0. The highest BCUT2D eigenvalue weighted by atomic mass is 16.4. The molecule has 1 aromatic carbocycles. The van der Waals surface area contributed by atoms with Gasteiger partial charge < -0.3 is 10.4 Å². The summed E-state index contributed by atoms with van der Waals surface area (Å²) in [5, 5.41) is 12.4. The molecule has 0 bridgehead atoms. The number of carbonyl (C=O) groups is 1. The van der Waals surface area contributed by atoms with Crippen molar-refractivity contribution in [1.82, 2.24) is 5.32 Å². The maximum atomic E-state index is 11.1. The molecule has 0 atom stereocenters. The summed E-state index contributed by atoms with van der Waals surface area (Å²) in [5.41, 5.74) is 4.65. The lowest BCUT2D eigenvalue weighted by molar-refractivity contribution is -0.143. The van der Waals surface area contributed by atoms with Gasteiger partial charge in [0, 0.05) is 13.1 Å². The average molecular weight is 247 g/mol. The Morgan fingerprint density at radius 1 is 1.22 bits per heavy atom. The summed E-state index contributed by atoms with van der Waals surface area (Å²) in [4.78, 5) is 11.1. The molecule has 1 saturated carbocycles. The summed E-state index contributed by atoms with van der Waals surface area (Å²) in [6, 6.07) is 4.38. The van der Waals surface area contributed by atoms with Gasteiger partial charge in [0.25, 0.3) is 0 Å². The number of carboxylic acids is 1. The highest BCUT2D eigenvalue weighted by Gasteiger charge is 2.49. The lowest BCUT2D eigenvalue weighted by Crippen LogP contribution is -2.29. The summed E-state index contributed by atoms with van der Waals surface area (Å²) in [6.07, 6.45) is 1.61. The van der Waals surface area contributed by atoms with Gasteiger partial charge in [-0.2, -0.15) is 0 Å². The third-order valence-electron chi connectivity index (χ3n) is 4.04. The van der Waals surface area contributed by atoms with Gasteiger partial charge in [-0.1, -0.05) is 12.1 Å². The van der Waals surface area contributed by atoms with Crippen molar-refractivity contribution in [2.75, 3.05) is 6.54 Å². The highest BCUT2D eigenvalue weighted by Crippen LogP contribution is 2.45. The van der Waals surface area contributed by atoms with Crippen LogP contribution in [0.5, 0.6) is 0 Å². The van der Waals surface area contributed by atoms with E-state index >= 15 is 0 Å². The van der Waals surface area contributed by atoms with Crippen molar-refractivity contribution in [2.24, 2.45) is 5.41 Å². The zero-order chi connectivity index (χ0) is 13.3. The van der Waals surface area contributed by atoms with Crippen molar-refractivity contribution >= 4 is 5.97 Å². The van der Waals surface area contributed by atoms with E-state index in [-0.39, 0.29) is 0 Å². The molecular formula is C15H21NO2. The second-order valence-electron chi connectivity index (χ2n) is 5.55. The second-order valence-corrected chi connectivity index (χ2v) is 5.55. The highest BCUT2D eigenvalue weighted by molar-refractivity contribution is 5.78. The third kappa shape index (κ3) is 2.56. The molecule has 2 rings (SSSR count). The fourth-order valence-corrected chi connectivity index (χ4v) is 2.26. The fourth-order valence-electron chi connectivity index (χ4n) is 2.26. The standard InChI is InChI=1S/C15H21NO2/c1-10-6-12(3)13(7-11(10)2)8-16-9-15(4-5-15)14(17)18/h6-7,16H,4-5,8-9H2,1-3H3,(H,17,18). The van der Waals surface area contributed by atoms with E-state index in [2.05, 4.69) is 38.2 Å². The summed E-state index contributed by atoms with van der Waals surface area (Å²) < 4.78 is 0. The number of carboxylic acid groups (broad SMARTS) is 1. The molecule has 0 radical (unpaired) electrons. The average Bonchev–Trinajstić information content (AvgIpc) is 3.06. The quantitative estimate of drug-likeness (QED) is 0.840. The van der Waals surface area contributed by atoms with E-state index in [1.807, 2.05) is 0 Å². The molecule has 0 aromatic heterocycles. The molecule has 0 unspecified atom stereocenters. The number of rotatable bonds is 5. The van der Waals surface area contributed by atoms with Gasteiger partial charge in [-0.25, -0.2) is 0 Å². The van der Waals surface area contributed by atoms with Crippen molar-refractivity contribution in [2.45, 2.75) is 40.2 Å². The van der Waals surface area contributed by atoms with Crippen LogP contribution in [0.2, 0.25) is 0 Å². The number of benzene rings is 1. The van der Waals surface area contributed by atoms with Crippen molar-refractivity contribution in [3.63, 3.8) is 0 Å². The van der Waals surface area contributed by atoms with E-state index in [1.54, 1.807) is 0 Å². The van der Waals surface area contributed by atoms with Crippen LogP contribution < -0.4 is 5.32 Å². The van der Waals surface area contributed by atoms with Crippen LogP contribution in [-0.4, -0.2) is 17.6 Å². The minimum Gasteiger partial charge on any atom is -0.481 e. The molecule has 2 N–H and O–H groups in total. The first-order valence-electron chi connectivity index (χ1n) is 6.45. The Bertz CT molecular complexity index is 476. The fraction of sp³-hybridized carbons (Fsp3) is 0.533. The Kier molecular flexibility index (Phi) is 3.44. The van der Waals surface area contributed by atoms with E-state index in [0.29, 0.717) is 6.54 Å². The Balaban J connectivity index is 1.95. The first-order valence-corrected chi connectivity index (χ1v) is 6.45. The third-order valence-corrected chi connectivity index (χ3v) is 4.04. The molecule has 1 aliphatic carbocycles. The van der Waals surface area contributed by atoms with E-state index in [0.717, 1.165) is 19.4 Å². The number of nitrogens with one attached hydrogen (secondary N) is 1. The molecule has 1 aliphatic rings. The van der Waals surface area contributed by atoms with Crippen LogP contribution in [0.15, 0.2) is 12.1 Å². The Morgan fingerprint density at radius 2 is 1.83 bits per heavy atom. The zero-order valence-electron chi connectivity index (χ0n) is 11.3. The molecule has 0 heterocycles. The van der Waals surface area contributed by atoms with E-state index in [4.69, 9.17) is 5.11 Å². The summed E-state index contributed by atoms with van der Waals surface area (Å²) in [7, 11) is 0. The molecule has 0 aliphatic heterocycles. The van der Waals surface area contributed by atoms with E-state index in [9.17, 15) is 4.79 Å². The SMILES string of the molecule is Cc1cc(C)c(CNCC2(C(=O)O)CC2)cc1C. The van der Waals surface area contributed by atoms with Crippen molar-refractivity contribution in [1.29, 1.82) is 0 Å². The molecule has 1 aromatic rings. The molecule has 3 nitrogen and oxygen atoms in total. The molecule has 0 spiro atoms. The van der Waals surface area contributed by atoms with Gasteiger partial charge in [-0.15, -0.1) is 0 Å². The maximum Gasteiger partial charge on any atom is 0.310 e. The summed E-state index contributed by atoms with van der Waals surface area (Å²) in [6.45, 7) is 7.66. The van der Waals surface area contributed by atoms with Gasteiger partial charge in [0.2, 0.25) is 0 Å². The largest absolute Gasteiger partial charge is 0.481 e. The second kappa shape index (κ2) is 4.73. The molecule has 98 valence electrons. The normalized spacial score (nSPS) is 16.6. The predicted molar refractivity (Wildman–Crippen MR) is 71.7 cm³/mol. The summed E-state index contributed by atoms with van der Waals surface area (Å²) in [5.74, 6) is -0.660. The number of hydrogen-bond donors (Lipinski definition) is 2. The van der Waals surface area contributed by atoms with Gasteiger partial charge in [0.1, 0.15) is 0 Å². The number of hydrogen-bond acceptors (Lipinski definition) is 2. The van der Waals surface area contributed by atoms with E-state index < -0.39 is 11.4 Å². The Morgan fingerprint density at radius 3 is 2.39 bits per heavy atom. The Labute approximate surface area is 108 Å². The molecule has 18 heavy (non-hydrogen) atoms. The smallest absolute Gasteiger partial charge is 0.310 e. The van der Waals surface area contributed by atoms with Gasteiger partial charge in [0.05, 0.1) is 5.41 Å². The lowest BCUT2D eigenvalue weighted by Gasteiger charge is -2.14. The van der Waals surface area contributed by atoms with E-state index in [1.165, 1.54) is 22.3 Å². The number of aliphatic carboxylic acids is 1. The van der Waals surface area contributed by atoms with Crippen molar-refractivity contribution in [3.8, 4) is 0 Å². The van der Waals surface area contributed by atoms with Crippen LogP contribution in [0.4, 0.5) is 0 Å². The van der Waals surface area contributed by atoms with Gasteiger partial charge in [-0.05, 0) is 55.9 Å². The van der Waals surface area contributed by atoms with Crippen LogP contribution in [-0.2, 0) is 11.3 Å². The van der Waals surface area contributed by atoms with Crippen LogP contribution in [0, 0.1) is 26.2 Å². The summed E-state index contributed by atoms with van der Waals surface area (Å²) >= 11 is 0. The molecule has 0 amide bonds. The molecular weight excluding hydrogens is 226 g/mol. The maximum absolute atomic E-state index is 11.1. The topological polar surface area (TPSA) is 49.3 Å². The Hall–Kier alpha value is -1.35.